The maximum atomic E-state index is 11.5. The van der Waals surface area contributed by atoms with E-state index >= 15 is 0 Å². The van der Waals surface area contributed by atoms with Gasteiger partial charge in [0.05, 0.1) is 18.1 Å². The van der Waals surface area contributed by atoms with E-state index in [0.29, 0.717) is 6.54 Å². The predicted molar refractivity (Wildman–Crippen MR) is 99.4 cm³/mol. The minimum atomic E-state index is -0.0175. The average molecular weight is 355 g/mol. The second-order valence-electron chi connectivity index (χ2n) is 5.80. The van der Waals surface area contributed by atoms with Crippen LogP contribution in [0.4, 0.5) is 5.13 Å². The summed E-state index contributed by atoms with van der Waals surface area (Å²) >= 11 is 1.48. The highest BCUT2D eigenvalue weighted by Gasteiger charge is 2.14. The molecule has 2 heterocycles. The van der Waals surface area contributed by atoms with E-state index in [1.807, 2.05) is 36.1 Å². The summed E-state index contributed by atoms with van der Waals surface area (Å²) in [5.74, 6) is -0.0175. The summed E-state index contributed by atoms with van der Waals surface area (Å²) in [6.45, 7) is 2.96. The number of aromatic nitrogens is 3. The van der Waals surface area contributed by atoms with E-state index in [2.05, 4.69) is 32.0 Å². The summed E-state index contributed by atoms with van der Waals surface area (Å²) in [4.78, 5) is 21.7. The van der Waals surface area contributed by atoms with Gasteiger partial charge in [-0.05, 0) is 5.56 Å². The maximum absolute atomic E-state index is 11.5. The summed E-state index contributed by atoms with van der Waals surface area (Å²) in [5, 5.41) is 6.27. The molecule has 2 aromatic heterocycles. The second kappa shape index (κ2) is 8.04. The van der Waals surface area contributed by atoms with Crippen LogP contribution in [-0.2, 0) is 17.9 Å². The minimum absolute atomic E-state index is 0.0175. The number of imidazole rings is 1. The van der Waals surface area contributed by atoms with Crippen molar-refractivity contribution in [3.63, 3.8) is 0 Å². The molecule has 0 fully saturated rings. The molecule has 1 unspecified atom stereocenters. The summed E-state index contributed by atoms with van der Waals surface area (Å²) in [6.07, 6.45) is 5.56. The number of nitrogens with one attached hydrogen (secondary N) is 1. The second-order valence-corrected chi connectivity index (χ2v) is 6.64. The van der Waals surface area contributed by atoms with E-state index in [1.165, 1.54) is 23.8 Å². The lowest BCUT2D eigenvalue weighted by atomic mass is 10.1. The zero-order valence-corrected chi connectivity index (χ0v) is 15.1. The van der Waals surface area contributed by atoms with Gasteiger partial charge in [0.25, 0.3) is 0 Å². The van der Waals surface area contributed by atoms with Crippen LogP contribution in [0.15, 0.2) is 54.4 Å². The maximum Gasteiger partial charge on any atom is 0.225 e. The highest BCUT2D eigenvalue weighted by Crippen LogP contribution is 2.21. The van der Waals surface area contributed by atoms with Gasteiger partial charge < -0.3 is 9.88 Å². The third-order valence-electron chi connectivity index (χ3n) is 3.98. The third-order valence-corrected chi connectivity index (χ3v) is 4.95. The third kappa shape index (κ3) is 4.52. The first-order chi connectivity index (χ1) is 12.1. The number of hydrogen-bond acceptors (Lipinski definition) is 5. The molecule has 0 aliphatic heterocycles. The van der Waals surface area contributed by atoms with Gasteiger partial charge in [-0.25, -0.2) is 9.97 Å². The van der Waals surface area contributed by atoms with Gasteiger partial charge in [0.2, 0.25) is 5.91 Å². The van der Waals surface area contributed by atoms with Crippen molar-refractivity contribution < 1.29 is 4.79 Å². The van der Waals surface area contributed by atoms with Gasteiger partial charge in [-0.3, -0.25) is 9.69 Å². The Balaban J connectivity index is 1.69. The molecule has 0 spiro atoms. The Morgan fingerprint density at radius 2 is 2.16 bits per heavy atom. The standard InChI is InChI=1S/C18H21N5OS/c1-14(24)22(2)18-21-16(12-25-18)10-20-17(11-23-9-8-19-13-23)15-6-4-3-5-7-15/h3-9,12-13,17,20H,10-11H2,1-2H3. The zero-order chi connectivity index (χ0) is 17.6. The smallest absolute Gasteiger partial charge is 0.225 e. The molecule has 3 aromatic rings. The van der Waals surface area contributed by atoms with Gasteiger partial charge in [-0.1, -0.05) is 30.3 Å². The molecule has 0 saturated heterocycles. The number of hydrogen-bond donors (Lipinski definition) is 1. The lowest BCUT2D eigenvalue weighted by Gasteiger charge is -2.19. The first kappa shape index (κ1) is 17.3. The van der Waals surface area contributed by atoms with Gasteiger partial charge in [0.15, 0.2) is 5.13 Å². The molecular formula is C18H21N5OS. The van der Waals surface area contributed by atoms with Crippen LogP contribution in [0, 0.1) is 0 Å². The SMILES string of the molecule is CC(=O)N(C)c1nc(CNC(Cn2ccnc2)c2ccccc2)cs1. The molecule has 7 heteroatoms. The summed E-state index contributed by atoms with van der Waals surface area (Å²) in [7, 11) is 1.74. The summed E-state index contributed by atoms with van der Waals surface area (Å²) in [5.41, 5.74) is 2.15. The number of nitrogens with zero attached hydrogens (tertiary/aromatic N) is 4. The first-order valence-electron chi connectivity index (χ1n) is 8.06. The molecule has 25 heavy (non-hydrogen) atoms. The molecule has 1 amide bonds. The van der Waals surface area contributed by atoms with Crippen LogP contribution < -0.4 is 10.2 Å². The molecule has 1 N–H and O–H groups in total. The molecule has 1 atom stereocenters. The van der Waals surface area contributed by atoms with Crippen molar-refractivity contribution in [2.45, 2.75) is 26.1 Å². The Labute approximate surface area is 151 Å². The van der Waals surface area contributed by atoms with E-state index in [4.69, 9.17) is 0 Å². The largest absolute Gasteiger partial charge is 0.336 e. The number of carbonyl (C=O) groups is 1. The van der Waals surface area contributed by atoms with E-state index in [0.717, 1.165) is 17.4 Å². The van der Waals surface area contributed by atoms with E-state index in [1.54, 1.807) is 18.1 Å². The number of benzene rings is 1. The molecule has 130 valence electrons. The Bertz CT molecular complexity index is 800. The Hall–Kier alpha value is -2.51. The quantitative estimate of drug-likeness (QED) is 0.708. The van der Waals surface area contributed by atoms with Crippen LogP contribution in [0.25, 0.3) is 0 Å². The van der Waals surface area contributed by atoms with Crippen LogP contribution in [-0.4, -0.2) is 27.5 Å². The van der Waals surface area contributed by atoms with Gasteiger partial charge in [0, 0.05) is 44.8 Å². The van der Waals surface area contributed by atoms with Crippen molar-refractivity contribution in [1.29, 1.82) is 0 Å². The normalized spacial score (nSPS) is 12.1. The molecule has 0 aliphatic carbocycles. The topological polar surface area (TPSA) is 63.1 Å². The number of carbonyl (C=O) groups excluding carboxylic acids is 1. The van der Waals surface area contributed by atoms with Crippen molar-refractivity contribution in [2.75, 3.05) is 11.9 Å². The number of thiazole rings is 1. The Morgan fingerprint density at radius 3 is 2.84 bits per heavy atom. The van der Waals surface area contributed by atoms with Crippen molar-refractivity contribution in [2.24, 2.45) is 0 Å². The predicted octanol–water partition coefficient (Wildman–Crippen LogP) is 2.85. The van der Waals surface area contributed by atoms with E-state index in [9.17, 15) is 4.79 Å². The van der Waals surface area contributed by atoms with Crippen molar-refractivity contribution in [1.82, 2.24) is 19.9 Å². The fraction of sp³-hybridized carbons (Fsp3) is 0.278. The first-order valence-corrected chi connectivity index (χ1v) is 8.94. The van der Waals surface area contributed by atoms with Gasteiger partial charge in [-0.2, -0.15) is 0 Å². The number of anilines is 1. The highest BCUT2D eigenvalue weighted by atomic mass is 32.1. The van der Waals surface area contributed by atoms with Crippen LogP contribution in [0.1, 0.15) is 24.2 Å². The minimum Gasteiger partial charge on any atom is -0.336 e. The lowest BCUT2D eigenvalue weighted by Crippen LogP contribution is -2.25. The van der Waals surface area contributed by atoms with E-state index < -0.39 is 0 Å². The summed E-state index contributed by atoms with van der Waals surface area (Å²) in [6, 6.07) is 10.5. The average Bonchev–Trinajstić information content (AvgIpc) is 3.30. The molecule has 1 aromatic carbocycles. The summed E-state index contributed by atoms with van der Waals surface area (Å²) < 4.78 is 2.06. The molecule has 0 radical (unpaired) electrons. The van der Waals surface area contributed by atoms with Crippen molar-refractivity contribution in [3.05, 3.63) is 65.7 Å². The van der Waals surface area contributed by atoms with Crippen LogP contribution in [0.2, 0.25) is 0 Å². The van der Waals surface area contributed by atoms with Gasteiger partial charge in [0.1, 0.15) is 0 Å². The van der Waals surface area contributed by atoms with Gasteiger partial charge >= 0.3 is 0 Å². The van der Waals surface area contributed by atoms with Crippen molar-refractivity contribution >= 4 is 22.4 Å². The van der Waals surface area contributed by atoms with E-state index in [-0.39, 0.29) is 11.9 Å². The fourth-order valence-electron chi connectivity index (χ4n) is 2.47. The number of rotatable bonds is 7. The monoisotopic (exact) mass is 355 g/mol. The fourth-order valence-corrected chi connectivity index (χ4v) is 3.31. The Kier molecular flexibility index (Phi) is 5.57. The molecule has 0 bridgehead atoms. The molecule has 0 aliphatic rings. The molecule has 3 rings (SSSR count). The zero-order valence-electron chi connectivity index (χ0n) is 14.3. The van der Waals surface area contributed by atoms with Crippen LogP contribution in [0.5, 0.6) is 0 Å². The number of amides is 1. The van der Waals surface area contributed by atoms with Gasteiger partial charge in [-0.15, -0.1) is 11.3 Å². The Morgan fingerprint density at radius 1 is 1.36 bits per heavy atom. The van der Waals surface area contributed by atoms with Crippen molar-refractivity contribution in [3.8, 4) is 0 Å². The molecular weight excluding hydrogens is 334 g/mol. The lowest BCUT2D eigenvalue weighted by molar-refractivity contribution is -0.116. The highest BCUT2D eigenvalue weighted by molar-refractivity contribution is 7.14. The van der Waals surface area contributed by atoms with Crippen LogP contribution in [0.3, 0.4) is 0 Å². The molecule has 6 nitrogen and oxygen atoms in total. The molecule has 0 saturated carbocycles. The van der Waals surface area contributed by atoms with Crippen LogP contribution >= 0.6 is 11.3 Å².